The molecule has 0 aromatic carbocycles. The molecule has 4 nitrogen and oxygen atoms in total. The average molecular weight is 313 g/mol. The molecule has 0 bridgehead atoms. The van der Waals surface area contributed by atoms with Crippen LogP contribution >= 0.6 is 27.3 Å². The van der Waals surface area contributed by atoms with E-state index in [4.69, 9.17) is 5.73 Å². The number of rotatable bonds is 5. The molecule has 0 aliphatic rings. The Kier molecular flexibility index (Phi) is 4.72. The van der Waals surface area contributed by atoms with E-state index in [1.807, 2.05) is 11.4 Å². The quantitative estimate of drug-likeness (QED) is 0.860. The van der Waals surface area contributed by atoms with Gasteiger partial charge in [0.05, 0.1) is 5.25 Å². The molecule has 0 aliphatic carbocycles. The second-order valence-electron chi connectivity index (χ2n) is 3.10. The third-order valence-electron chi connectivity index (χ3n) is 1.99. The summed E-state index contributed by atoms with van der Waals surface area (Å²) < 4.78 is 26.6. The Morgan fingerprint density at radius 1 is 1.67 bits per heavy atom. The molecule has 1 rings (SSSR count). The maximum atomic E-state index is 11.6. The maximum absolute atomic E-state index is 11.6. The fourth-order valence-electron chi connectivity index (χ4n) is 0.886. The van der Waals surface area contributed by atoms with Crippen molar-refractivity contribution in [2.24, 2.45) is 5.73 Å². The zero-order valence-electron chi connectivity index (χ0n) is 8.23. The van der Waals surface area contributed by atoms with Gasteiger partial charge in [0, 0.05) is 22.4 Å². The average Bonchev–Trinajstić information content (AvgIpc) is 2.60. The Morgan fingerprint density at radius 2 is 2.33 bits per heavy atom. The molecule has 0 spiro atoms. The van der Waals surface area contributed by atoms with Crippen molar-refractivity contribution in [2.75, 3.05) is 6.54 Å². The first-order valence-electron chi connectivity index (χ1n) is 4.37. The van der Waals surface area contributed by atoms with Gasteiger partial charge in [-0.05, 0) is 34.3 Å². The van der Waals surface area contributed by atoms with E-state index in [1.54, 1.807) is 6.92 Å². The Morgan fingerprint density at radius 3 is 2.80 bits per heavy atom. The van der Waals surface area contributed by atoms with Gasteiger partial charge in [-0.1, -0.05) is 0 Å². The van der Waals surface area contributed by atoms with Gasteiger partial charge in [0.25, 0.3) is 0 Å². The van der Waals surface area contributed by atoms with E-state index in [-0.39, 0.29) is 6.54 Å². The first kappa shape index (κ1) is 13.1. The number of nitrogens with one attached hydrogen (secondary N) is 1. The summed E-state index contributed by atoms with van der Waals surface area (Å²) in [5, 5.41) is 1.34. The van der Waals surface area contributed by atoms with Crippen molar-refractivity contribution in [3.05, 3.63) is 20.8 Å². The highest BCUT2D eigenvalue weighted by Crippen LogP contribution is 2.22. The predicted molar refractivity (Wildman–Crippen MR) is 66.3 cm³/mol. The molecule has 1 unspecified atom stereocenters. The smallest absolute Gasteiger partial charge is 0.215 e. The molecule has 1 aromatic rings. The number of hydrogen-bond donors (Lipinski definition) is 2. The fourth-order valence-corrected chi connectivity index (χ4v) is 3.29. The van der Waals surface area contributed by atoms with Crippen molar-refractivity contribution in [2.45, 2.75) is 18.7 Å². The van der Waals surface area contributed by atoms with Gasteiger partial charge in [-0.3, -0.25) is 0 Å². The van der Waals surface area contributed by atoms with Crippen LogP contribution in [0.2, 0.25) is 0 Å². The molecule has 0 radical (unpaired) electrons. The Hall–Kier alpha value is 0.0500. The van der Waals surface area contributed by atoms with Crippen LogP contribution in [0.3, 0.4) is 0 Å². The molecule has 15 heavy (non-hydrogen) atoms. The van der Waals surface area contributed by atoms with Gasteiger partial charge >= 0.3 is 0 Å². The fraction of sp³-hybridized carbons (Fsp3) is 0.500. The van der Waals surface area contributed by atoms with Crippen molar-refractivity contribution in [3.63, 3.8) is 0 Å². The number of hydrogen-bond acceptors (Lipinski definition) is 4. The number of nitrogens with two attached hydrogens (primary N) is 1. The summed E-state index contributed by atoms with van der Waals surface area (Å²) in [7, 11) is -3.29. The lowest BCUT2D eigenvalue weighted by molar-refractivity contribution is 0.569. The lowest BCUT2D eigenvalue weighted by Gasteiger charge is -2.11. The van der Waals surface area contributed by atoms with E-state index in [1.165, 1.54) is 11.3 Å². The van der Waals surface area contributed by atoms with Crippen LogP contribution in [-0.2, 0) is 16.6 Å². The third kappa shape index (κ3) is 3.53. The molecule has 1 aromatic heterocycles. The van der Waals surface area contributed by atoms with E-state index in [2.05, 4.69) is 20.7 Å². The van der Waals surface area contributed by atoms with Gasteiger partial charge in [-0.25, -0.2) is 13.1 Å². The minimum Gasteiger partial charge on any atom is -0.329 e. The van der Waals surface area contributed by atoms with Crippen LogP contribution in [0, 0.1) is 0 Å². The van der Waals surface area contributed by atoms with Crippen molar-refractivity contribution in [1.82, 2.24) is 4.72 Å². The number of sulfonamides is 1. The Labute approximate surface area is 102 Å². The molecular formula is C8H13BrN2O2S2. The lowest BCUT2D eigenvalue weighted by Crippen LogP contribution is -2.36. The molecule has 7 heteroatoms. The Balaban J connectivity index is 2.62. The highest BCUT2D eigenvalue weighted by molar-refractivity contribution is 9.10. The zero-order chi connectivity index (χ0) is 11.5. The van der Waals surface area contributed by atoms with Gasteiger partial charge in [0.15, 0.2) is 0 Å². The molecule has 1 heterocycles. The van der Waals surface area contributed by atoms with Crippen LogP contribution in [0.25, 0.3) is 0 Å². The van der Waals surface area contributed by atoms with Crippen LogP contribution in [0.1, 0.15) is 11.8 Å². The minimum absolute atomic E-state index is 0.126. The van der Waals surface area contributed by atoms with Gasteiger partial charge in [0.2, 0.25) is 10.0 Å². The number of thiophene rings is 1. The van der Waals surface area contributed by atoms with Gasteiger partial charge < -0.3 is 5.73 Å². The minimum atomic E-state index is -3.29. The molecule has 0 amide bonds. The van der Waals surface area contributed by atoms with Crippen molar-refractivity contribution < 1.29 is 8.42 Å². The molecule has 1 atom stereocenters. The lowest BCUT2D eigenvalue weighted by atomic mass is 10.5. The van der Waals surface area contributed by atoms with Crippen molar-refractivity contribution in [3.8, 4) is 0 Å². The molecule has 0 saturated carbocycles. The summed E-state index contributed by atoms with van der Waals surface area (Å²) in [6.45, 7) is 2.03. The third-order valence-corrected chi connectivity index (χ3v) is 5.71. The summed E-state index contributed by atoms with van der Waals surface area (Å²) in [6, 6.07) is 1.89. The maximum Gasteiger partial charge on any atom is 0.215 e. The van der Waals surface area contributed by atoms with Gasteiger partial charge in [-0.15, -0.1) is 11.3 Å². The summed E-state index contributed by atoms with van der Waals surface area (Å²) in [5.74, 6) is 0. The van der Waals surface area contributed by atoms with Gasteiger partial charge in [-0.2, -0.15) is 0 Å². The summed E-state index contributed by atoms with van der Waals surface area (Å²) >= 11 is 4.84. The zero-order valence-corrected chi connectivity index (χ0v) is 11.5. The number of halogens is 1. The highest BCUT2D eigenvalue weighted by Gasteiger charge is 2.18. The van der Waals surface area contributed by atoms with Crippen LogP contribution in [-0.4, -0.2) is 20.2 Å². The summed E-state index contributed by atoms with van der Waals surface area (Å²) in [6.07, 6.45) is 0. The normalized spacial score (nSPS) is 14.1. The van der Waals surface area contributed by atoms with Crippen LogP contribution < -0.4 is 10.5 Å². The van der Waals surface area contributed by atoms with Crippen LogP contribution in [0.4, 0.5) is 0 Å². The first-order chi connectivity index (χ1) is 6.97. The van der Waals surface area contributed by atoms with E-state index in [0.29, 0.717) is 6.54 Å². The summed E-state index contributed by atoms with van der Waals surface area (Å²) in [4.78, 5) is 0.961. The monoisotopic (exact) mass is 312 g/mol. The molecule has 0 aliphatic heterocycles. The Bertz CT molecular complexity index is 416. The van der Waals surface area contributed by atoms with E-state index < -0.39 is 15.3 Å². The molecular weight excluding hydrogens is 300 g/mol. The largest absolute Gasteiger partial charge is 0.329 e. The van der Waals surface area contributed by atoms with E-state index in [0.717, 1.165) is 9.35 Å². The standard InChI is InChI=1S/C8H13BrN2O2S2/c1-6(4-10)15(12,13)11-5-8-7(9)2-3-14-8/h2-3,6,11H,4-5,10H2,1H3. The first-order valence-corrected chi connectivity index (χ1v) is 7.59. The van der Waals surface area contributed by atoms with Gasteiger partial charge in [0.1, 0.15) is 0 Å². The molecule has 86 valence electrons. The molecule has 0 fully saturated rings. The molecule has 0 saturated heterocycles. The van der Waals surface area contributed by atoms with Crippen LogP contribution in [0.15, 0.2) is 15.9 Å². The second-order valence-corrected chi connectivity index (χ2v) is 7.14. The second kappa shape index (κ2) is 5.40. The highest BCUT2D eigenvalue weighted by atomic mass is 79.9. The topological polar surface area (TPSA) is 72.2 Å². The van der Waals surface area contributed by atoms with E-state index >= 15 is 0 Å². The SMILES string of the molecule is CC(CN)S(=O)(=O)NCc1sccc1Br. The van der Waals surface area contributed by atoms with Crippen molar-refractivity contribution >= 4 is 37.3 Å². The summed E-state index contributed by atoms with van der Waals surface area (Å²) in [5.41, 5.74) is 5.31. The van der Waals surface area contributed by atoms with Crippen LogP contribution in [0.5, 0.6) is 0 Å². The van der Waals surface area contributed by atoms with E-state index in [9.17, 15) is 8.42 Å². The van der Waals surface area contributed by atoms with Crippen molar-refractivity contribution in [1.29, 1.82) is 0 Å². The molecule has 3 N–H and O–H groups in total. The predicted octanol–water partition coefficient (Wildman–Crippen LogP) is 1.28.